The Morgan fingerprint density at radius 2 is 2.03 bits per heavy atom. The van der Waals surface area contributed by atoms with Crippen molar-refractivity contribution in [3.8, 4) is 5.75 Å². The summed E-state index contributed by atoms with van der Waals surface area (Å²) in [7, 11) is 0. The first kappa shape index (κ1) is 22.3. The van der Waals surface area contributed by atoms with Gasteiger partial charge in [-0.3, -0.25) is 9.69 Å². The highest BCUT2D eigenvalue weighted by Crippen LogP contribution is 2.19. The van der Waals surface area contributed by atoms with Crippen molar-refractivity contribution in [3.05, 3.63) is 46.8 Å². The molecular weight excluding hydrogens is 382 g/mol. The number of nitrogens with zero attached hydrogens (tertiary/aromatic N) is 2. The minimum Gasteiger partial charge on any atom is -0.489 e. The summed E-state index contributed by atoms with van der Waals surface area (Å²) >= 11 is 0. The summed E-state index contributed by atoms with van der Waals surface area (Å²) < 4.78 is 16.5. The minimum absolute atomic E-state index is 0.0835. The normalized spacial score (nSPS) is 15.9. The first-order valence-electron chi connectivity index (χ1n) is 10.7. The summed E-state index contributed by atoms with van der Waals surface area (Å²) in [5.74, 6) is 1.88. The molecule has 1 aliphatic heterocycles. The topological polar surface area (TPSA) is 76.8 Å². The first-order valence-corrected chi connectivity index (χ1v) is 10.7. The predicted octanol–water partition coefficient (Wildman–Crippen LogP) is 3.35. The molecule has 1 amide bonds. The summed E-state index contributed by atoms with van der Waals surface area (Å²) in [6.07, 6.45) is 1.04. The molecule has 0 radical (unpaired) electrons. The van der Waals surface area contributed by atoms with E-state index in [2.05, 4.69) is 29.2 Å². The molecule has 2 heterocycles. The van der Waals surface area contributed by atoms with Crippen LogP contribution >= 0.6 is 0 Å². The number of carbonyl (C=O) groups is 1. The number of aromatic nitrogens is 1. The van der Waals surface area contributed by atoms with Gasteiger partial charge in [-0.05, 0) is 44.4 Å². The van der Waals surface area contributed by atoms with Crippen LogP contribution in [0.25, 0.3) is 0 Å². The fraction of sp³-hybridized carbons (Fsp3) is 0.565. The van der Waals surface area contributed by atoms with E-state index in [4.69, 9.17) is 14.0 Å². The van der Waals surface area contributed by atoms with Gasteiger partial charge in [0.05, 0.1) is 24.5 Å². The molecule has 30 heavy (non-hydrogen) atoms. The Balaban J connectivity index is 1.58. The summed E-state index contributed by atoms with van der Waals surface area (Å²) in [6, 6.07) is 7.59. The highest BCUT2D eigenvalue weighted by atomic mass is 16.5. The van der Waals surface area contributed by atoms with E-state index in [9.17, 15) is 4.79 Å². The van der Waals surface area contributed by atoms with Crippen LogP contribution in [0.3, 0.4) is 0 Å². The molecule has 1 aromatic carbocycles. The lowest BCUT2D eigenvalue weighted by Gasteiger charge is -2.35. The molecule has 0 bridgehead atoms. The van der Waals surface area contributed by atoms with E-state index in [1.54, 1.807) is 6.07 Å². The number of rotatable bonds is 9. The first-order chi connectivity index (χ1) is 14.4. The van der Waals surface area contributed by atoms with Crippen molar-refractivity contribution in [1.82, 2.24) is 15.4 Å². The Hall–Kier alpha value is -2.38. The van der Waals surface area contributed by atoms with Gasteiger partial charge in [0.2, 0.25) is 0 Å². The van der Waals surface area contributed by atoms with Crippen molar-refractivity contribution in [1.29, 1.82) is 0 Å². The zero-order valence-electron chi connectivity index (χ0n) is 18.4. The smallest absolute Gasteiger partial charge is 0.251 e. The number of benzene rings is 1. The van der Waals surface area contributed by atoms with Crippen LogP contribution in [0.15, 0.2) is 28.8 Å². The molecule has 1 unspecified atom stereocenters. The SMILES string of the molecule is Cc1noc(C)c1COc1cccc(C(=O)NCC(CC(C)C)N2CCOCC2)c1. The highest BCUT2D eigenvalue weighted by Gasteiger charge is 2.22. The standard InChI is InChI=1S/C23H33N3O4/c1-16(2)12-20(26-8-10-28-11-9-26)14-24-23(27)19-6-5-7-21(13-19)29-15-22-17(3)25-30-18(22)4/h5-7,13,16,20H,8-12,14-15H2,1-4H3,(H,24,27). The third kappa shape index (κ3) is 6.06. The van der Waals surface area contributed by atoms with Gasteiger partial charge >= 0.3 is 0 Å². The van der Waals surface area contributed by atoms with Crippen molar-refractivity contribution < 1.29 is 18.8 Å². The summed E-state index contributed by atoms with van der Waals surface area (Å²) in [4.78, 5) is 15.2. The van der Waals surface area contributed by atoms with E-state index in [1.165, 1.54) is 0 Å². The minimum atomic E-state index is -0.0835. The van der Waals surface area contributed by atoms with Crippen LogP contribution in [-0.2, 0) is 11.3 Å². The molecule has 164 valence electrons. The number of amides is 1. The third-order valence-electron chi connectivity index (χ3n) is 5.46. The average molecular weight is 416 g/mol. The van der Waals surface area contributed by atoms with E-state index in [0.29, 0.717) is 36.4 Å². The second-order valence-corrected chi connectivity index (χ2v) is 8.26. The predicted molar refractivity (Wildman–Crippen MR) is 115 cm³/mol. The summed E-state index contributed by atoms with van der Waals surface area (Å²) in [6.45, 7) is 12.5. The Labute approximate surface area is 178 Å². The van der Waals surface area contributed by atoms with Crippen LogP contribution in [0.2, 0.25) is 0 Å². The van der Waals surface area contributed by atoms with Crippen LogP contribution in [0, 0.1) is 19.8 Å². The maximum atomic E-state index is 12.8. The lowest BCUT2D eigenvalue weighted by molar-refractivity contribution is 0.0124. The molecular formula is C23H33N3O4. The zero-order valence-corrected chi connectivity index (χ0v) is 18.4. The number of carbonyl (C=O) groups excluding carboxylic acids is 1. The number of ether oxygens (including phenoxy) is 2. The van der Waals surface area contributed by atoms with Crippen LogP contribution in [0.4, 0.5) is 0 Å². The van der Waals surface area contributed by atoms with Gasteiger partial charge < -0.3 is 19.3 Å². The lowest BCUT2D eigenvalue weighted by atomic mass is 10.0. The molecule has 3 rings (SSSR count). The molecule has 1 atom stereocenters. The maximum Gasteiger partial charge on any atom is 0.251 e. The summed E-state index contributed by atoms with van der Waals surface area (Å²) in [5.41, 5.74) is 2.35. The molecule has 7 heteroatoms. The summed E-state index contributed by atoms with van der Waals surface area (Å²) in [5, 5.41) is 7.06. The second-order valence-electron chi connectivity index (χ2n) is 8.26. The van der Waals surface area contributed by atoms with Gasteiger partial charge in [0.25, 0.3) is 5.91 Å². The number of nitrogens with one attached hydrogen (secondary N) is 1. The van der Waals surface area contributed by atoms with Crippen LogP contribution in [-0.4, -0.2) is 54.9 Å². The van der Waals surface area contributed by atoms with E-state index in [0.717, 1.165) is 49.7 Å². The van der Waals surface area contributed by atoms with Gasteiger partial charge in [0.15, 0.2) is 0 Å². The molecule has 1 N–H and O–H groups in total. The molecule has 0 saturated carbocycles. The Bertz CT molecular complexity index is 808. The maximum absolute atomic E-state index is 12.8. The molecule has 1 saturated heterocycles. The van der Waals surface area contributed by atoms with Crippen LogP contribution in [0.1, 0.15) is 47.6 Å². The van der Waals surface area contributed by atoms with Crippen molar-refractivity contribution >= 4 is 5.91 Å². The van der Waals surface area contributed by atoms with Gasteiger partial charge in [0.1, 0.15) is 18.1 Å². The van der Waals surface area contributed by atoms with Crippen molar-refractivity contribution in [2.45, 2.75) is 46.8 Å². The Kier molecular flexibility index (Phi) is 7.87. The van der Waals surface area contributed by atoms with Crippen LogP contribution in [0.5, 0.6) is 5.75 Å². The fourth-order valence-corrected chi connectivity index (χ4v) is 3.75. The van der Waals surface area contributed by atoms with E-state index in [1.807, 2.05) is 32.0 Å². The van der Waals surface area contributed by atoms with E-state index < -0.39 is 0 Å². The molecule has 0 spiro atoms. The number of morpholine rings is 1. The average Bonchev–Trinajstić information content (AvgIpc) is 3.07. The Morgan fingerprint density at radius 1 is 1.27 bits per heavy atom. The molecule has 7 nitrogen and oxygen atoms in total. The monoisotopic (exact) mass is 415 g/mol. The van der Waals surface area contributed by atoms with Crippen molar-refractivity contribution in [2.24, 2.45) is 5.92 Å². The van der Waals surface area contributed by atoms with E-state index in [-0.39, 0.29) is 5.91 Å². The van der Waals surface area contributed by atoms with Gasteiger partial charge in [-0.2, -0.15) is 0 Å². The number of hydrogen-bond donors (Lipinski definition) is 1. The van der Waals surface area contributed by atoms with Crippen LogP contribution < -0.4 is 10.1 Å². The zero-order chi connectivity index (χ0) is 21.5. The molecule has 0 aliphatic carbocycles. The number of aryl methyl sites for hydroxylation is 2. The van der Waals surface area contributed by atoms with Gasteiger partial charge in [-0.25, -0.2) is 0 Å². The van der Waals surface area contributed by atoms with Crippen molar-refractivity contribution in [3.63, 3.8) is 0 Å². The molecule has 1 aliphatic rings. The van der Waals surface area contributed by atoms with Gasteiger partial charge in [0, 0.05) is 31.2 Å². The fourth-order valence-electron chi connectivity index (χ4n) is 3.75. The number of hydrogen-bond acceptors (Lipinski definition) is 6. The molecule has 1 fully saturated rings. The molecule has 1 aromatic heterocycles. The largest absolute Gasteiger partial charge is 0.489 e. The van der Waals surface area contributed by atoms with E-state index >= 15 is 0 Å². The van der Waals surface area contributed by atoms with Gasteiger partial charge in [-0.15, -0.1) is 0 Å². The molecule has 2 aromatic rings. The lowest BCUT2D eigenvalue weighted by Crippen LogP contribution is -2.49. The van der Waals surface area contributed by atoms with Gasteiger partial charge in [-0.1, -0.05) is 25.1 Å². The Morgan fingerprint density at radius 3 is 2.70 bits per heavy atom. The van der Waals surface area contributed by atoms with Crippen molar-refractivity contribution in [2.75, 3.05) is 32.8 Å². The second kappa shape index (κ2) is 10.6. The third-order valence-corrected chi connectivity index (χ3v) is 5.46. The highest BCUT2D eigenvalue weighted by molar-refractivity contribution is 5.94. The quantitative estimate of drug-likeness (QED) is 0.677.